The Kier molecular flexibility index (Phi) is 5.36. The molecule has 0 bridgehead atoms. The van der Waals surface area contributed by atoms with Crippen molar-refractivity contribution in [1.29, 1.82) is 0 Å². The molecule has 2 N–H and O–H groups in total. The van der Waals surface area contributed by atoms with Gasteiger partial charge in [0.25, 0.3) is 0 Å². The van der Waals surface area contributed by atoms with E-state index < -0.39 is 11.9 Å². The van der Waals surface area contributed by atoms with Crippen LogP contribution in [0.1, 0.15) is 0 Å². The summed E-state index contributed by atoms with van der Waals surface area (Å²) < 4.78 is 6.69. The van der Waals surface area contributed by atoms with E-state index in [0.29, 0.717) is 0 Å². The largest absolute Gasteiger partial charge is 0.477 e. The number of thioether (sulfide) groups is 8. The molecule has 0 unspecified atom stereocenters. The SMILES string of the molecule is O=C(O)C1=C(C(=O)O)SC(=C2SC3=C(SC(=C4SC=CS4)S3)S2)S1. The van der Waals surface area contributed by atoms with Crippen molar-refractivity contribution >= 4 is 106 Å². The lowest BCUT2D eigenvalue weighted by atomic mass is 10.5. The third-order valence-electron chi connectivity index (χ3n) is 2.63. The zero-order valence-corrected chi connectivity index (χ0v) is 17.7. The van der Waals surface area contributed by atoms with Gasteiger partial charge in [-0.05, 0) is 10.8 Å². The summed E-state index contributed by atoms with van der Waals surface area (Å²) in [7, 11) is 0. The highest BCUT2D eigenvalue weighted by Crippen LogP contribution is 2.71. The van der Waals surface area contributed by atoms with Crippen LogP contribution < -0.4 is 0 Å². The third kappa shape index (κ3) is 3.36. The Bertz CT molecular complexity index is 774. The first kappa shape index (κ1) is 17.8. The summed E-state index contributed by atoms with van der Waals surface area (Å²) >= 11 is 12.2. The maximum atomic E-state index is 11.2. The molecule has 4 heterocycles. The smallest absolute Gasteiger partial charge is 0.344 e. The van der Waals surface area contributed by atoms with E-state index in [4.69, 9.17) is 0 Å². The van der Waals surface area contributed by atoms with Gasteiger partial charge in [0.05, 0.1) is 25.4 Å². The molecule has 0 aromatic heterocycles. The van der Waals surface area contributed by atoms with Crippen LogP contribution in [0.25, 0.3) is 0 Å². The average molecular weight is 469 g/mol. The summed E-state index contributed by atoms with van der Waals surface area (Å²) in [5.74, 6) is -2.37. The summed E-state index contributed by atoms with van der Waals surface area (Å²) in [5, 5.41) is 22.5. The van der Waals surface area contributed by atoms with Crippen molar-refractivity contribution in [2.24, 2.45) is 0 Å². The van der Waals surface area contributed by atoms with E-state index in [9.17, 15) is 19.8 Å². The summed E-state index contributed by atoms with van der Waals surface area (Å²) in [6, 6.07) is 0. The number of carbonyl (C=O) groups is 2. The monoisotopic (exact) mass is 468 g/mol. The molecule has 124 valence electrons. The van der Waals surface area contributed by atoms with Crippen LogP contribution in [0.2, 0.25) is 0 Å². The highest BCUT2D eigenvalue weighted by atomic mass is 32.3. The lowest BCUT2D eigenvalue weighted by Gasteiger charge is -2.06. The molecular weight excluding hydrogens is 465 g/mol. The Morgan fingerprint density at radius 3 is 1.29 bits per heavy atom. The molecule has 0 atom stereocenters. The number of aliphatic carboxylic acids is 2. The molecule has 4 aliphatic heterocycles. The molecule has 4 aliphatic rings. The van der Waals surface area contributed by atoms with Gasteiger partial charge < -0.3 is 10.2 Å². The van der Waals surface area contributed by atoms with Crippen LogP contribution in [-0.4, -0.2) is 22.2 Å². The van der Waals surface area contributed by atoms with Gasteiger partial charge in [-0.1, -0.05) is 94.1 Å². The van der Waals surface area contributed by atoms with E-state index >= 15 is 0 Å². The predicted molar refractivity (Wildman–Crippen MR) is 113 cm³/mol. The Hall–Kier alpha value is 0.440. The first-order chi connectivity index (χ1) is 11.5. The van der Waals surface area contributed by atoms with Gasteiger partial charge in [0.1, 0.15) is 9.81 Å². The summed E-state index contributed by atoms with van der Waals surface area (Å²) in [6.45, 7) is 0. The second kappa shape index (κ2) is 7.22. The number of rotatable bonds is 2. The van der Waals surface area contributed by atoms with E-state index in [1.165, 1.54) is 16.9 Å². The molecule has 0 saturated carbocycles. The van der Waals surface area contributed by atoms with Crippen molar-refractivity contribution in [3.8, 4) is 0 Å². The maximum Gasteiger partial charge on any atom is 0.344 e. The highest BCUT2D eigenvalue weighted by Gasteiger charge is 2.38. The van der Waals surface area contributed by atoms with Crippen LogP contribution in [0.4, 0.5) is 0 Å². The van der Waals surface area contributed by atoms with E-state index in [-0.39, 0.29) is 9.81 Å². The highest BCUT2D eigenvalue weighted by molar-refractivity contribution is 8.49. The molecule has 4 rings (SSSR count). The molecule has 0 saturated heterocycles. The molecule has 0 aromatic carbocycles. The lowest BCUT2D eigenvalue weighted by Crippen LogP contribution is -2.03. The molecule has 0 radical (unpaired) electrons. The zero-order chi connectivity index (χ0) is 16.8. The summed E-state index contributed by atoms with van der Waals surface area (Å²) in [4.78, 5) is 22.3. The van der Waals surface area contributed by atoms with E-state index in [0.717, 1.165) is 32.0 Å². The van der Waals surface area contributed by atoms with Crippen LogP contribution in [-0.2, 0) is 9.59 Å². The lowest BCUT2D eigenvalue weighted by molar-refractivity contribution is -0.134. The molecule has 0 aromatic rings. The first-order valence-electron chi connectivity index (χ1n) is 6.02. The number of carboxylic acid groups (broad SMARTS) is 2. The predicted octanol–water partition coefficient (Wildman–Crippen LogP) is 6.14. The van der Waals surface area contributed by atoms with Crippen LogP contribution in [0.3, 0.4) is 0 Å². The quantitative estimate of drug-likeness (QED) is 0.489. The third-order valence-corrected chi connectivity index (χ3v) is 14.0. The number of hydrogen-bond donors (Lipinski definition) is 2. The van der Waals surface area contributed by atoms with E-state index in [2.05, 4.69) is 10.8 Å². The van der Waals surface area contributed by atoms with E-state index in [1.54, 1.807) is 70.6 Å². The second-order valence-electron chi connectivity index (χ2n) is 4.11. The summed E-state index contributed by atoms with van der Waals surface area (Å²) in [5.41, 5.74) is 0. The van der Waals surface area contributed by atoms with Gasteiger partial charge in [0.15, 0.2) is 0 Å². The summed E-state index contributed by atoms with van der Waals surface area (Å²) in [6.07, 6.45) is 0. The Morgan fingerprint density at radius 1 is 0.583 bits per heavy atom. The maximum absolute atomic E-state index is 11.2. The molecule has 12 heteroatoms. The molecule has 0 spiro atoms. The van der Waals surface area contributed by atoms with Crippen LogP contribution in [0.15, 0.2) is 46.0 Å². The van der Waals surface area contributed by atoms with Crippen molar-refractivity contribution in [2.45, 2.75) is 0 Å². The van der Waals surface area contributed by atoms with E-state index in [1.807, 2.05) is 0 Å². The first-order valence-corrected chi connectivity index (χ1v) is 12.7. The fraction of sp³-hybridized carbons (Fsp3) is 0. The van der Waals surface area contributed by atoms with Gasteiger partial charge >= 0.3 is 11.9 Å². The fourth-order valence-corrected chi connectivity index (χ4v) is 12.9. The number of hydrogen-bond acceptors (Lipinski definition) is 10. The minimum atomic E-state index is -1.19. The van der Waals surface area contributed by atoms with Crippen LogP contribution in [0, 0.1) is 0 Å². The second-order valence-corrected chi connectivity index (χ2v) is 13.6. The van der Waals surface area contributed by atoms with Crippen molar-refractivity contribution in [3.63, 3.8) is 0 Å². The molecule has 24 heavy (non-hydrogen) atoms. The number of carboxylic acids is 2. The Balaban J connectivity index is 1.50. The van der Waals surface area contributed by atoms with Gasteiger partial charge in [-0.15, -0.1) is 0 Å². The average Bonchev–Trinajstić information content (AvgIpc) is 3.27. The van der Waals surface area contributed by atoms with Crippen LogP contribution in [0.5, 0.6) is 0 Å². The molecule has 0 fully saturated rings. The van der Waals surface area contributed by atoms with Crippen molar-refractivity contribution < 1.29 is 19.8 Å². The Morgan fingerprint density at radius 2 is 0.917 bits per heavy atom. The zero-order valence-electron chi connectivity index (χ0n) is 11.1. The minimum Gasteiger partial charge on any atom is -0.477 e. The topological polar surface area (TPSA) is 74.6 Å². The standard InChI is InChI=1S/C12H4O4S8/c13-5(14)3-4(6(15)16)20-9(19-3)10-23-11-12(24-10)22-8(21-11)7-17-1-2-18-7/h1-2H,(H,13,14)(H,15,16). The van der Waals surface area contributed by atoms with Gasteiger partial charge in [0, 0.05) is 0 Å². The normalized spacial score (nSPS) is 23.2. The molecule has 0 amide bonds. The van der Waals surface area contributed by atoms with Gasteiger partial charge in [-0.3, -0.25) is 0 Å². The molecule has 0 aliphatic carbocycles. The molecular formula is C12H4O4S8. The van der Waals surface area contributed by atoms with Gasteiger partial charge in [-0.2, -0.15) is 0 Å². The minimum absolute atomic E-state index is 0.101. The fourth-order valence-electron chi connectivity index (χ4n) is 1.72. The molecule has 4 nitrogen and oxygen atoms in total. The van der Waals surface area contributed by atoms with Crippen molar-refractivity contribution in [1.82, 2.24) is 0 Å². The van der Waals surface area contributed by atoms with Crippen molar-refractivity contribution in [3.05, 3.63) is 46.0 Å². The van der Waals surface area contributed by atoms with Crippen molar-refractivity contribution in [2.75, 3.05) is 0 Å². The van der Waals surface area contributed by atoms with Gasteiger partial charge in [-0.25, -0.2) is 9.59 Å². The van der Waals surface area contributed by atoms with Crippen LogP contribution >= 0.6 is 94.1 Å². The van der Waals surface area contributed by atoms with Gasteiger partial charge in [0.2, 0.25) is 0 Å². The Labute approximate surface area is 170 Å².